The molecule has 1 saturated heterocycles. The number of nitrogens with zero attached hydrogens (tertiary/aromatic N) is 1. The molecule has 28 heavy (non-hydrogen) atoms. The van der Waals surface area contributed by atoms with Gasteiger partial charge in [-0.1, -0.05) is 6.07 Å². The molecule has 7 nitrogen and oxygen atoms in total. The first-order valence-electron chi connectivity index (χ1n) is 9.15. The standard InChI is InChI=1S/C20H22N2O5S/c1-2-26-20(25)27-16-7-5-14(6-8-16)18(23)21-15-9-11-22(12-10-15)19(24)17-4-3-13-28-17/h3-8,13,15H,2,9-12H2,1H3,(H,21,23). The van der Waals surface area contributed by atoms with Gasteiger partial charge in [-0.05, 0) is 55.5 Å². The molecule has 0 atom stereocenters. The van der Waals surface area contributed by atoms with E-state index in [4.69, 9.17) is 9.47 Å². The van der Waals surface area contributed by atoms with Crippen molar-refractivity contribution in [3.8, 4) is 5.75 Å². The normalized spacial score (nSPS) is 14.4. The summed E-state index contributed by atoms with van der Waals surface area (Å²) < 4.78 is 9.68. The summed E-state index contributed by atoms with van der Waals surface area (Å²) in [4.78, 5) is 38.7. The molecule has 2 amide bonds. The van der Waals surface area contributed by atoms with Crippen LogP contribution in [0.25, 0.3) is 0 Å². The zero-order chi connectivity index (χ0) is 19.9. The van der Waals surface area contributed by atoms with E-state index in [0.717, 1.165) is 4.88 Å². The van der Waals surface area contributed by atoms with Gasteiger partial charge in [0.05, 0.1) is 11.5 Å². The highest BCUT2D eigenvalue weighted by molar-refractivity contribution is 7.12. The van der Waals surface area contributed by atoms with E-state index in [2.05, 4.69) is 5.32 Å². The van der Waals surface area contributed by atoms with Gasteiger partial charge in [-0.25, -0.2) is 4.79 Å². The number of thiophene rings is 1. The Bertz CT molecular complexity index is 812. The highest BCUT2D eigenvalue weighted by Crippen LogP contribution is 2.18. The number of rotatable bonds is 5. The zero-order valence-electron chi connectivity index (χ0n) is 15.6. The summed E-state index contributed by atoms with van der Waals surface area (Å²) in [5.41, 5.74) is 0.480. The number of hydrogen-bond donors (Lipinski definition) is 1. The van der Waals surface area contributed by atoms with Crippen LogP contribution in [0.4, 0.5) is 4.79 Å². The Morgan fingerprint density at radius 1 is 1.14 bits per heavy atom. The van der Waals surface area contributed by atoms with Crippen LogP contribution in [0.5, 0.6) is 5.75 Å². The fourth-order valence-electron chi connectivity index (χ4n) is 2.97. The second kappa shape index (κ2) is 9.36. The van der Waals surface area contributed by atoms with Gasteiger partial charge in [0, 0.05) is 24.7 Å². The maximum atomic E-state index is 12.4. The number of piperidine rings is 1. The largest absolute Gasteiger partial charge is 0.513 e. The molecular formula is C20H22N2O5S. The molecular weight excluding hydrogens is 380 g/mol. The Morgan fingerprint density at radius 2 is 1.86 bits per heavy atom. The Hall–Kier alpha value is -2.87. The topological polar surface area (TPSA) is 84.9 Å². The van der Waals surface area contributed by atoms with Gasteiger partial charge >= 0.3 is 6.16 Å². The average Bonchev–Trinajstić information content (AvgIpc) is 3.23. The summed E-state index contributed by atoms with van der Waals surface area (Å²) in [7, 11) is 0. The molecule has 1 fully saturated rings. The van der Waals surface area contributed by atoms with Crippen LogP contribution in [-0.4, -0.2) is 48.6 Å². The van der Waals surface area contributed by atoms with Gasteiger partial charge in [-0.15, -0.1) is 11.3 Å². The number of likely N-dealkylation sites (tertiary alicyclic amines) is 1. The molecule has 1 aliphatic rings. The molecule has 0 spiro atoms. The quantitative estimate of drug-likeness (QED) is 0.613. The Labute approximate surface area is 167 Å². The number of carbonyl (C=O) groups is 3. The lowest BCUT2D eigenvalue weighted by atomic mass is 10.0. The zero-order valence-corrected chi connectivity index (χ0v) is 16.4. The van der Waals surface area contributed by atoms with Gasteiger partial charge in [-0.2, -0.15) is 0 Å². The third-order valence-electron chi connectivity index (χ3n) is 4.43. The maximum Gasteiger partial charge on any atom is 0.513 e. The average molecular weight is 402 g/mol. The van der Waals surface area contributed by atoms with Crippen LogP contribution in [0.15, 0.2) is 41.8 Å². The first-order chi connectivity index (χ1) is 13.6. The summed E-state index contributed by atoms with van der Waals surface area (Å²) in [6, 6.07) is 10.0. The van der Waals surface area contributed by atoms with Gasteiger partial charge in [0.15, 0.2) is 0 Å². The first-order valence-corrected chi connectivity index (χ1v) is 10.0. The fraction of sp³-hybridized carbons (Fsp3) is 0.350. The van der Waals surface area contributed by atoms with Crippen LogP contribution in [0.1, 0.15) is 39.8 Å². The molecule has 0 bridgehead atoms. The molecule has 148 valence electrons. The first kappa shape index (κ1) is 19.9. The van der Waals surface area contributed by atoms with Crippen molar-refractivity contribution in [2.24, 2.45) is 0 Å². The summed E-state index contributed by atoms with van der Waals surface area (Å²) in [6.07, 6.45) is 0.656. The van der Waals surface area contributed by atoms with E-state index >= 15 is 0 Å². The lowest BCUT2D eigenvalue weighted by molar-refractivity contribution is 0.0702. The molecule has 8 heteroatoms. The van der Waals surface area contributed by atoms with E-state index in [1.807, 2.05) is 22.4 Å². The predicted octanol–water partition coefficient (Wildman–Crippen LogP) is 3.32. The van der Waals surface area contributed by atoms with E-state index in [9.17, 15) is 14.4 Å². The van der Waals surface area contributed by atoms with Crippen LogP contribution in [0.3, 0.4) is 0 Å². The number of ether oxygens (including phenoxy) is 2. The third-order valence-corrected chi connectivity index (χ3v) is 5.29. The predicted molar refractivity (Wildman–Crippen MR) is 105 cm³/mol. The Morgan fingerprint density at radius 3 is 2.46 bits per heavy atom. The van der Waals surface area contributed by atoms with Crippen LogP contribution in [0, 0.1) is 0 Å². The van der Waals surface area contributed by atoms with E-state index in [1.165, 1.54) is 11.3 Å². The summed E-state index contributed by atoms with van der Waals surface area (Å²) in [5, 5.41) is 4.90. The highest BCUT2D eigenvalue weighted by Gasteiger charge is 2.25. The molecule has 0 saturated carbocycles. The monoisotopic (exact) mass is 402 g/mol. The van der Waals surface area contributed by atoms with Gasteiger partial charge in [0.2, 0.25) is 0 Å². The summed E-state index contributed by atoms with van der Waals surface area (Å²) in [5.74, 6) is 0.179. The number of carbonyl (C=O) groups excluding carboxylic acids is 3. The fourth-order valence-corrected chi connectivity index (χ4v) is 3.66. The minimum atomic E-state index is -0.774. The van der Waals surface area contributed by atoms with E-state index < -0.39 is 6.16 Å². The number of benzene rings is 1. The van der Waals surface area contributed by atoms with Crippen molar-refractivity contribution >= 4 is 29.3 Å². The molecule has 1 N–H and O–H groups in total. The summed E-state index contributed by atoms with van der Waals surface area (Å²) in [6.45, 7) is 3.16. The van der Waals surface area contributed by atoms with Gasteiger partial charge in [-0.3, -0.25) is 9.59 Å². The van der Waals surface area contributed by atoms with Gasteiger partial charge in [0.25, 0.3) is 11.8 Å². The Kier molecular flexibility index (Phi) is 6.65. The minimum absolute atomic E-state index is 0.0235. The smallest absolute Gasteiger partial charge is 0.434 e. The van der Waals surface area contributed by atoms with Gasteiger partial charge < -0.3 is 19.7 Å². The number of nitrogens with one attached hydrogen (secondary N) is 1. The van der Waals surface area contributed by atoms with Crippen molar-refractivity contribution in [2.45, 2.75) is 25.8 Å². The lowest BCUT2D eigenvalue weighted by Crippen LogP contribution is -2.46. The summed E-state index contributed by atoms with van der Waals surface area (Å²) >= 11 is 1.44. The SMILES string of the molecule is CCOC(=O)Oc1ccc(C(=O)NC2CCN(C(=O)c3cccs3)CC2)cc1. The Balaban J connectivity index is 1.47. The molecule has 1 aromatic carbocycles. The van der Waals surface area contributed by atoms with Crippen molar-refractivity contribution in [2.75, 3.05) is 19.7 Å². The van der Waals surface area contributed by atoms with Crippen molar-refractivity contribution < 1.29 is 23.9 Å². The molecule has 3 rings (SSSR count). The molecule has 0 aliphatic carbocycles. The van der Waals surface area contributed by atoms with E-state index in [1.54, 1.807) is 31.2 Å². The van der Waals surface area contributed by atoms with Crippen LogP contribution in [0.2, 0.25) is 0 Å². The van der Waals surface area contributed by atoms with Crippen molar-refractivity contribution in [1.29, 1.82) is 0 Å². The van der Waals surface area contributed by atoms with Crippen molar-refractivity contribution in [3.05, 3.63) is 52.2 Å². The van der Waals surface area contributed by atoms with Crippen LogP contribution in [-0.2, 0) is 4.74 Å². The number of hydrogen-bond acceptors (Lipinski definition) is 6. The second-order valence-electron chi connectivity index (χ2n) is 6.33. The second-order valence-corrected chi connectivity index (χ2v) is 7.27. The van der Waals surface area contributed by atoms with Crippen LogP contribution >= 0.6 is 11.3 Å². The van der Waals surface area contributed by atoms with Crippen molar-refractivity contribution in [3.63, 3.8) is 0 Å². The van der Waals surface area contributed by atoms with Crippen LogP contribution < -0.4 is 10.1 Å². The van der Waals surface area contributed by atoms with E-state index in [0.29, 0.717) is 37.2 Å². The van der Waals surface area contributed by atoms with Crippen molar-refractivity contribution in [1.82, 2.24) is 10.2 Å². The maximum absolute atomic E-state index is 12.4. The molecule has 1 aromatic heterocycles. The molecule has 0 radical (unpaired) electrons. The lowest BCUT2D eigenvalue weighted by Gasteiger charge is -2.32. The molecule has 1 aliphatic heterocycles. The molecule has 2 heterocycles. The molecule has 0 unspecified atom stereocenters. The van der Waals surface area contributed by atoms with Gasteiger partial charge in [0.1, 0.15) is 5.75 Å². The highest BCUT2D eigenvalue weighted by atomic mass is 32.1. The molecule has 2 aromatic rings. The number of amides is 2. The minimum Gasteiger partial charge on any atom is -0.434 e. The third kappa shape index (κ3) is 5.10. The van der Waals surface area contributed by atoms with E-state index in [-0.39, 0.29) is 24.5 Å².